The lowest BCUT2D eigenvalue weighted by Crippen LogP contribution is -2.12. The van der Waals surface area contributed by atoms with E-state index in [0.29, 0.717) is 4.91 Å². The molecule has 0 aliphatic carbocycles. The third kappa shape index (κ3) is 4.22. The van der Waals surface area contributed by atoms with Crippen LogP contribution in [0.1, 0.15) is 29.1 Å². The fourth-order valence-corrected chi connectivity index (χ4v) is 3.30. The number of benzene rings is 1. The topological polar surface area (TPSA) is 75.6 Å². The van der Waals surface area contributed by atoms with Gasteiger partial charge in [0.2, 0.25) is 0 Å². The van der Waals surface area contributed by atoms with Gasteiger partial charge in [-0.3, -0.25) is 4.79 Å². The second kappa shape index (κ2) is 7.96. The van der Waals surface area contributed by atoms with Crippen molar-refractivity contribution in [3.8, 4) is 10.4 Å². The van der Waals surface area contributed by atoms with Crippen LogP contribution in [0.25, 0.3) is 16.5 Å². The molecule has 5 nitrogen and oxygen atoms in total. The lowest BCUT2D eigenvalue weighted by molar-refractivity contribution is -0.120. The van der Waals surface area contributed by atoms with Crippen LogP contribution in [-0.2, 0) is 9.08 Å². The maximum Gasteiger partial charge on any atom is 0.335 e. The molecule has 7 heteroatoms. The van der Waals surface area contributed by atoms with Crippen LogP contribution in [0, 0.1) is 0 Å². The number of aromatic carboxylic acids is 1. The molecule has 2 N–H and O–H groups in total. The summed E-state index contributed by atoms with van der Waals surface area (Å²) < 4.78 is 4.77. The lowest BCUT2D eigenvalue weighted by Gasteiger charge is -1.98. The van der Waals surface area contributed by atoms with E-state index >= 15 is 0 Å². The van der Waals surface area contributed by atoms with Gasteiger partial charge in [-0.05, 0) is 35.9 Å². The Bertz CT molecular complexity index is 735. The lowest BCUT2D eigenvalue weighted by atomic mass is 10.1. The van der Waals surface area contributed by atoms with Gasteiger partial charge in [-0.15, -0.1) is 11.3 Å². The van der Waals surface area contributed by atoms with E-state index in [4.69, 9.17) is 9.39 Å². The molecular formula is C16H15NO4S2. The zero-order valence-corrected chi connectivity index (χ0v) is 14.2. The number of carboxylic acids is 1. The number of amides is 1. The number of carbonyl (C=O) groups excluding carboxylic acids is 1. The molecule has 1 aromatic carbocycles. The van der Waals surface area contributed by atoms with Crippen LogP contribution >= 0.6 is 23.4 Å². The summed E-state index contributed by atoms with van der Waals surface area (Å²) in [6, 6.07) is 10.5. The smallest absolute Gasteiger partial charge is 0.335 e. The molecule has 0 radical (unpaired) electrons. The molecule has 2 aromatic rings. The Balaban J connectivity index is 0.000000924. The van der Waals surface area contributed by atoms with E-state index in [9.17, 15) is 9.59 Å². The van der Waals surface area contributed by atoms with Crippen LogP contribution in [0.2, 0.25) is 0 Å². The summed E-state index contributed by atoms with van der Waals surface area (Å²) >= 11 is 2.51. The largest absolute Gasteiger partial charge is 0.478 e. The molecule has 0 atom stereocenters. The third-order valence-corrected chi connectivity index (χ3v) is 4.54. The van der Waals surface area contributed by atoms with Gasteiger partial charge in [0, 0.05) is 9.75 Å². The molecule has 0 spiro atoms. The van der Waals surface area contributed by atoms with E-state index in [0.717, 1.165) is 27.4 Å². The zero-order chi connectivity index (χ0) is 16.8. The molecule has 1 aliphatic heterocycles. The van der Waals surface area contributed by atoms with Crippen LogP contribution in [0.5, 0.6) is 0 Å². The van der Waals surface area contributed by atoms with Crippen LogP contribution in [0.4, 0.5) is 0 Å². The van der Waals surface area contributed by atoms with E-state index in [1.54, 1.807) is 30.3 Å². The molecule has 1 amide bonds. The SMILES string of the molecule is CC.O=C1NOSC1=Cc1ccc(-c2ccc(C(=O)O)cc2)s1. The average Bonchev–Trinajstić information content (AvgIpc) is 3.20. The molecule has 1 fully saturated rings. The molecule has 2 heterocycles. The monoisotopic (exact) mass is 349 g/mol. The first-order chi connectivity index (χ1) is 11.1. The van der Waals surface area contributed by atoms with Gasteiger partial charge in [-0.2, -0.15) is 4.28 Å². The highest BCUT2D eigenvalue weighted by atomic mass is 32.2. The van der Waals surface area contributed by atoms with Crippen LogP contribution in [0.3, 0.4) is 0 Å². The van der Waals surface area contributed by atoms with Gasteiger partial charge in [0.1, 0.15) is 4.91 Å². The number of rotatable bonds is 3. The van der Waals surface area contributed by atoms with E-state index < -0.39 is 5.97 Å². The second-order valence-electron chi connectivity index (χ2n) is 4.19. The minimum absolute atomic E-state index is 0.249. The predicted octanol–water partition coefficient (Wildman–Crippen LogP) is 4.19. The maximum atomic E-state index is 11.4. The van der Waals surface area contributed by atoms with Crippen molar-refractivity contribution in [2.24, 2.45) is 0 Å². The van der Waals surface area contributed by atoms with Gasteiger partial charge in [-0.25, -0.2) is 10.3 Å². The number of nitrogens with one attached hydrogen (secondary N) is 1. The van der Waals surface area contributed by atoms with Crippen molar-refractivity contribution in [2.75, 3.05) is 0 Å². The molecule has 23 heavy (non-hydrogen) atoms. The van der Waals surface area contributed by atoms with Gasteiger partial charge in [0.05, 0.1) is 17.6 Å². The summed E-state index contributed by atoms with van der Waals surface area (Å²) in [5.41, 5.74) is 3.45. The summed E-state index contributed by atoms with van der Waals surface area (Å²) in [4.78, 5) is 24.6. The number of hydroxylamine groups is 1. The summed E-state index contributed by atoms with van der Waals surface area (Å²) in [6.45, 7) is 4.00. The first-order valence-corrected chi connectivity index (χ1v) is 8.48. The highest BCUT2D eigenvalue weighted by Crippen LogP contribution is 2.32. The number of thiophene rings is 1. The molecule has 1 aromatic heterocycles. The Morgan fingerprint density at radius 2 is 1.87 bits per heavy atom. The number of carbonyl (C=O) groups is 2. The van der Waals surface area contributed by atoms with Crippen molar-refractivity contribution < 1.29 is 19.0 Å². The number of hydrogen-bond acceptors (Lipinski definition) is 5. The number of carboxylic acid groups (broad SMARTS) is 1. The molecule has 1 saturated heterocycles. The first kappa shape index (κ1) is 17.3. The molecular weight excluding hydrogens is 334 g/mol. The second-order valence-corrected chi connectivity index (χ2v) is 6.08. The quantitative estimate of drug-likeness (QED) is 0.642. The predicted molar refractivity (Wildman–Crippen MR) is 92.9 cm³/mol. The van der Waals surface area contributed by atoms with Gasteiger partial charge in [0.15, 0.2) is 0 Å². The van der Waals surface area contributed by atoms with E-state index in [1.807, 2.05) is 26.0 Å². The first-order valence-electron chi connectivity index (χ1n) is 6.92. The Morgan fingerprint density at radius 3 is 2.43 bits per heavy atom. The van der Waals surface area contributed by atoms with Gasteiger partial charge < -0.3 is 5.11 Å². The summed E-state index contributed by atoms with van der Waals surface area (Å²) in [5.74, 6) is -1.19. The van der Waals surface area contributed by atoms with Crippen LogP contribution in [-0.4, -0.2) is 17.0 Å². The van der Waals surface area contributed by atoms with Crippen molar-refractivity contribution in [2.45, 2.75) is 13.8 Å². The summed E-state index contributed by atoms with van der Waals surface area (Å²) in [7, 11) is 0. The minimum atomic E-state index is -0.942. The van der Waals surface area contributed by atoms with Crippen LogP contribution < -0.4 is 5.48 Å². The van der Waals surface area contributed by atoms with Crippen molar-refractivity contribution in [1.82, 2.24) is 5.48 Å². The van der Waals surface area contributed by atoms with E-state index in [2.05, 4.69) is 5.48 Å². The van der Waals surface area contributed by atoms with Gasteiger partial charge in [0.25, 0.3) is 5.91 Å². The standard InChI is InChI=1S/C14H9NO4S2.C2H6/c16-13-12(21-19-15-13)7-10-5-6-11(20-10)8-1-3-9(4-2-8)14(17)18;1-2/h1-7H,(H,15,16)(H,17,18);1-2H3. The van der Waals surface area contributed by atoms with Crippen molar-refractivity contribution in [1.29, 1.82) is 0 Å². The zero-order valence-electron chi connectivity index (χ0n) is 12.5. The summed E-state index contributed by atoms with van der Waals surface area (Å²) in [6.07, 6.45) is 1.76. The molecule has 120 valence electrons. The van der Waals surface area contributed by atoms with Gasteiger partial charge in [-0.1, -0.05) is 26.0 Å². The van der Waals surface area contributed by atoms with Gasteiger partial charge >= 0.3 is 5.97 Å². The number of hydrogen-bond donors (Lipinski definition) is 2. The minimum Gasteiger partial charge on any atom is -0.478 e. The molecule has 0 unspecified atom stereocenters. The Kier molecular flexibility index (Phi) is 5.97. The third-order valence-electron chi connectivity index (χ3n) is 2.81. The highest BCUT2D eigenvalue weighted by molar-refractivity contribution is 8.00. The normalized spacial score (nSPS) is 15.0. The Hall–Kier alpha value is -2.09. The van der Waals surface area contributed by atoms with Crippen LogP contribution in [0.15, 0.2) is 41.3 Å². The molecule has 0 bridgehead atoms. The fourth-order valence-electron chi connectivity index (χ4n) is 1.77. The maximum absolute atomic E-state index is 11.4. The van der Waals surface area contributed by atoms with Crippen molar-refractivity contribution in [3.05, 3.63) is 51.7 Å². The average molecular weight is 349 g/mol. The van der Waals surface area contributed by atoms with Crippen molar-refractivity contribution >= 4 is 41.3 Å². The highest BCUT2D eigenvalue weighted by Gasteiger charge is 2.19. The fraction of sp³-hybridized carbons (Fsp3) is 0.125. The Labute approximate surface area is 142 Å². The molecule has 3 rings (SSSR count). The molecule has 1 aliphatic rings. The summed E-state index contributed by atoms with van der Waals surface area (Å²) in [5, 5.41) is 8.88. The molecule has 0 saturated carbocycles. The van der Waals surface area contributed by atoms with E-state index in [1.165, 1.54) is 11.3 Å². The van der Waals surface area contributed by atoms with E-state index in [-0.39, 0.29) is 11.5 Å². The Morgan fingerprint density at radius 1 is 1.17 bits per heavy atom. The van der Waals surface area contributed by atoms with Crippen molar-refractivity contribution in [3.63, 3.8) is 0 Å².